The van der Waals surface area contributed by atoms with Gasteiger partial charge in [-0.25, -0.2) is 13.2 Å². The molecule has 0 bridgehead atoms. The largest absolute Gasteiger partial charge is 0.444 e. The molecular formula is C15H21NO5S. The first-order chi connectivity index (χ1) is 10.2. The van der Waals surface area contributed by atoms with Crippen LogP contribution in [-0.2, 0) is 19.3 Å². The third-order valence-electron chi connectivity index (χ3n) is 3.20. The molecule has 0 saturated carbocycles. The monoisotopic (exact) mass is 327 g/mol. The van der Waals surface area contributed by atoms with Crippen LogP contribution in [0.3, 0.4) is 0 Å². The highest BCUT2D eigenvalue weighted by molar-refractivity contribution is 7.92. The van der Waals surface area contributed by atoms with Crippen molar-refractivity contribution in [3.63, 3.8) is 0 Å². The highest BCUT2D eigenvalue weighted by Crippen LogP contribution is 2.23. The Morgan fingerprint density at radius 2 is 1.86 bits per heavy atom. The van der Waals surface area contributed by atoms with Crippen LogP contribution >= 0.6 is 0 Å². The van der Waals surface area contributed by atoms with Crippen molar-refractivity contribution in [1.82, 2.24) is 5.32 Å². The Kier molecular flexibility index (Phi) is 4.77. The van der Waals surface area contributed by atoms with E-state index in [-0.39, 0.29) is 18.1 Å². The molecule has 0 spiro atoms. The number of nitrogens with one attached hydrogen (secondary N) is 1. The summed E-state index contributed by atoms with van der Waals surface area (Å²) in [6.07, 6.45) is -0.642. The highest BCUT2D eigenvalue weighted by atomic mass is 32.2. The van der Waals surface area contributed by atoms with Gasteiger partial charge < -0.3 is 14.8 Å². The van der Waals surface area contributed by atoms with Crippen LogP contribution in [0.15, 0.2) is 35.2 Å². The third-order valence-corrected chi connectivity index (χ3v) is 5.39. The molecule has 2 atom stereocenters. The van der Waals surface area contributed by atoms with Crippen molar-refractivity contribution in [1.29, 1.82) is 0 Å². The van der Waals surface area contributed by atoms with Crippen LogP contribution in [0.5, 0.6) is 0 Å². The molecular weight excluding hydrogens is 306 g/mol. The quantitative estimate of drug-likeness (QED) is 0.915. The van der Waals surface area contributed by atoms with Gasteiger partial charge in [0.05, 0.1) is 24.2 Å². The molecule has 1 aliphatic heterocycles. The summed E-state index contributed by atoms with van der Waals surface area (Å²) in [5.41, 5.74) is -0.642. The Bertz CT molecular complexity index is 621. The summed E-state index contributed by atoms with van der Waals surface area (Å²) in [5.74, 6) is 0. The lowest BCUT2D eigenvalue weighted by Gasteiger charge is -2.23. The molecule has 0 aromatic heterocycles. The van der Waals surface area contributed by atoms with E-state index in [4.69, 9.17) is 9.47 Å². The van der Waals surface area contributed by atoms with Gasteiger partial charge in [-0.05, 0) is 32.9 Å². The molecule has 122 valence electrons. The molecule has 1 aromatic rings. The smallest absolute Gasteiger partial charge is 0.407 e. The summed E-state index contributed by atoms with van der Waals surface area (Å²) in [5, 5.41) is 1.78. The Labute approximate surface area is 130 Å². The molecule has 6 nitrogen and oxygen atoms in total. The fourth-order valence-corrected chi connectivity index (χ4v) is 3.96. The van der Waals surface area contributed by atoms with Gasteiger partial charge in [0, 0.05) is 0 Å². The van der Waals surface area contributed by atoms with Crippen molar-refractivity contribution in [2.24, 2.45) is 0 Å². The van der Waals surface area contributed by atoms with Gasteiger partial charge in [-0.2, -0.15) is 0 Å². The summed E-state index contributed by atoms with van der Waals surface area (Å²) >= 11 is 0. The first kappa shape index (κ1) is 16.8. The average Bonchev–Trinajstić information content (AvgIpc) is 2.86. The van der Waals surface area contributed by atoms with Gasteiger partial charge in [0.15, 0.2) is 9.84 Å². The number of rotatable bonds is 3. The number of hydrogen-bond donors (Lipinski definition) is 1. The number of benzene rings is 1. The summed E-state index contributed by atoms with van der Waals surface area (Å²) in [4.78, 5) is 12.1. The lowest BCUT2D eigenvalue weighted by Crippen LogP contribution is -2.47. The summed E-state index contributed by atoms with van der Waals surface area (Å²) in [6, 6.07) is 7.54. The Balaban J connectivity index is 2.13. The maximum absolute atomic E-state index is 12.6. The molecule has 1 fully saturated rings. The van der Waals surface area contributed by atoms with Crippen molar-refractivity contribution in [3.05, 3.63) is 30.3 Å². The number of ether oxygens (including phenoxy) is 2. The van der Waals surface area contributed by atoms with Crippen LogP contribution in [0.25, 0.3) is 0 Å². The second-order valence-electron chi connectivity index (χ2n) is 6.19. The van der Waals surface area contributed by atoms with Gasteiger partial charge in [0.2, 0.25) is 0 Å². The van der Waals surface area contributed by atoms with Crippen LogP contribution in [0, 0.1) is 0 Å². The Morgan fingerprint density at radius 3 is 2.45 bits per heavy atom. The minimum absolute atomic E-state index is 0.0533. The topological polar surface area (TPSA) is 81.7 Å². The molecule has 1 N–H and O–H groups in total. The first-order valence-corrected chi connectivity index (χ1v) is 8.61. The molecule has 7 heteroatoms. The minimum atomic E-state index is -3.57. The highest BCUT2D eigenvalue weighted by Gasteiger charge is 2.40. The van der Waals surface area contributed by atoms with Gasteiger partial charge in [0.1, 0.15) is 10.9 Å². The maximum Gasteiger partial charge on any atom is 0.407 e. The maximum atomic E-state index is 12.6. The minimum Gasteiger partial charge on any atom is -0.444 e. The predicted molar refractivity (Wildman–Crippen MR) is 81.4 cm³/mol. The second kappa shape index (κ2) is 6.26. The molecule has 0 aliphatic carbocycles. The van der Waals surface area contributed by atoms with E-state index < -0.39 is 32.8 Å². The zero-order chi connectivity index (χ0) is 16.4. The number of carbonyl (C=O) groups is 1. The van der Waals surface area contributed by atoms with Gasteiger partial charge in [-0.1, -0.05) is 18.2 Å². The molecule has 2 rings (SSSR count). The average molecular weight is 327 g/mol. The summed E-state index contributed by atoms with van der Waals surface area (Å²) < 4.78 is 35.7. The number of carbonyl (C=O) groups excluding carboxylic acids is 1. The molecule has 22 heavy (non-hydrogen) atoms. The summed E-state index contributed by atoms with van der Waals surface area (Å²) in [6.45, 7) is 5.44. The Hall–Kier alpha value is -1.60. The molecule has 1 aromatic carbocycles. The van der Waals surface area contributed by atoms with Crippen molar-refractivity contribution in [2.75, 3.05) is 13.2 Å². The van der Waals surface area contributed by atoms with Crippen molar-refractivity contribution < 1.29 is 22.7 Å². The number of sulfone groups is 1. The zero-order valence-electron chi connectivity index (χ0n) is 12.9. The van der Waals surface area contributed by atoms with E-state index in [1.165, 1.54) is 12.1 Å². The van der Waals surface area contributed by atoms with E-state index in [2.05, 4.69) is 5.32 Å². The number of alkyl carbamates (subject to hydrolysis) is 1. The second-order valence-corrected chi connectivity index (χ2v) is 8.35. The molecule has 1 heterocycles. The van der Waals surface area contributed by atoms with Crippen LogP contribution in [0.1, 0.15) is 20.8 Å². The van der Waals surface area contributed by atoms with Crippen LogP contribution < -0.4 is 5.32 Å². The fourth-order valence-electron chi connectivity index (χ4n) is 2.22. The van der Waals surface area contributed by atoms with E-state index in [1.54, 1.807) is 39.0 Å². The van der Waals surface area contributed by atoms with E-state index in [0.29, 0.717) is 0 Å². The Morgan fingerprint density at radius 1 is 1.23 bits per heavy atom. The summed E-state index contributed by atoms with van der Waals surface area (Å²) in [7, 11) is -3.57. The van der Waals surface area contributed by atoms with Crippen molar-refractivity contribution in [2.45, 2.75) is 42.6 Å². The standard InChI is InChI=1S/C15H21NO5S/c1-15(2,3)21-14(17)16-12-9-20-10-13(12)22(18,19)11-7-5-4-6-8-11/h4-8,12-13H,9-10H2,1-3H3,(H,16,17)/t12-,13+/m1/s1. The molecule has 0 radical (unpaired) electrons. The van der Waals surface area contributed by atoms with Gasteiger partial charge >= 0.3 is 6.09 Å². The van der Waals surface area contributed by atoms with Crippen molar-refractivity contribution in [3.8, 4) is 0 Å². The number of amides is 1. The lowest BCUT2D eigenvalue weighted by atomic mass is 10.2. The fraction of sp³-hybridized carbons (Fsp3) is 0.533. The number of hydrogen-bond acceptors (Lipinski definition) is 5. The normalized spacial score (nSPS) is 22.3. The lowest BCUT2D eigenvalue weighted by molar-refractivity contribution is 0.0499. The van der Waals surface area contributed by atoms with Gasteiger partial charge in [0.25, 0.3) is 0 Å². The molecule has 1 amide bonds. The van der Waals surface area contributed by atoms with Crippen LogP contribution in [0.2, 0.25) is 0 Å². The van der Waals surface area contributed by atoms with E-state index in [9.17, 15) is 13.2 Å². The predicted octanol–water partition coefficient (Wildman–Crippen LogP) is 1.75. The van der Waals surface area contributed by atoms with E-state index in [0.717, 1.165) is 0 Å². The van der Waals surface area contributed by atoms with Crippen LogP contribution in [-0.4, -0.2) is 44.6 Å². The van der Waals surface area contributed by atoms with Crippen LogP contribution in [0.4, 0.5) is 4.79 Å². The molecule has 1 saturated heterocycles. The third kappa shape index (κ3) is 3.98. The zero-order valence-corrected chi connectivity index (χ0v) is 13.7. The van der Waals surface area contributed by atoms with E-state index >= 15 is 0 Å². The SMILES string of the molecule is CC(C)(C)OC(=O)N[C@@H]1COC[C@@H]1S(=O)(=O)c1ccccc1. The molecule has 1 aliphatic rings. The van der Waals surface area contributed by atoms with Crippen molar-refractivity contribution >= 4 is 15.9 Å². The van der Waals surface area contributed by atoms with Gasteiger partial charge in [-0.3, -0.25) is 0 Å². The first-order valence-electron chi connectivity index (χ1n) is 7.06. The van der Waals surface area contributed by atoms with Gasteiger partial charge in [-0.15, -0.1) is 0 Å². The van der Waals surface area contributed by atoms with E-state index in [1.807, 2.05) is 0 Å². The molecule has 0 unspecified atom stereocenters.